The summed E-state index contributed by atoms with van der Waals surface area (Å²) in [6.07, 6.45) is 1.34. The standard InChI is InChI=1S/C25H22N4O4/c1-15-11-17(9-10-21(15)33-2)24(30)29-18-6-3-5-16(12-18)13-26-23-19-7-4-8-20(25(31)32)22(19)27-14-28-23/h3-12,14H,13H2,1-2H3,(H,29,30)(H,31,32)(H,26,27,28). The SMILES string of the molecule is COc1ccc(C(=O)Nc2cccc(CNc3ncnc4c(C(=O)O)cccc34)c2)cc1C. The minimum Gasteiger partial charge on any atom is -0.496 e. The maximum Gasteiger partial charge on any atom is 0.337 e. The van der Waals surface area contributed by atoms with Gasteiger partial charge < -0.3 is 20.5 Å². The third-order valence-corrected chi connectivity index (χ3v) is 5.20. The van der Waals surface area contributed by atoms with E-state index in [0.29, 0.717) is 34.5 Å². The molecule has 3 N–H and O–H groups in total. The Balaban J connectivity index is 1.49. The summed E-state index contributed by atoms with van der Waals surface area (Å²) in [5, 5.41) is 16.2. The minimum atomic E-state index is -1.04. The molecule has 8 nitrogen and oxygen atoms in total. The fourth-order valence-electron chi connectivity index (χ4n) is 3.57. The molecular formula is C25H22N4O4. The van der Waals surface area contributed by atoms with Gasteiger partial charge in [0.15, 0.2) is 0 Å². The van der Waals surface area contributed by atoms with Gasteiger partial charge in [-0.3, -0.25) is 4.79 Å². The molecule has 0 saturated carbocycles. The highest BCUT2D eigenvalue weighted by Crippen LogP contribution is 2.23. The quantitative estimate of drug-likeness (QED) is 0.386. The van der Waals surface area contributed by atoms with Gasteiger partial charge >= 0.3 is 5.97 Å². The van der Waals surface area contributed by atoms with Gasteiger partial charge in [-0.1, -0.05) is 18.2 Å². The zero-order valence-electron chi connectivity index (χ0n) is 18.1. The summed E-state index contributed by atoms with van der Waals surface area (Å²) in [6, 6.07) is 17.7. The van der Waals surface area contributed by atoms with Gasteiger partial charge in [-0.25, -0.2) is 14.8 Å². The molecule has 0 aliphatic carbocycles. The molecule has 1 aromatic heterocycles. The van der Waals surface area contributed by atoms with Crippen LogP contribution in [0.1, 0.15) is 31.8 Å². The Bertz CT molecular complexity index is 1350. The van der Waals surface area contributed by atoms with Crippen molar-refractivity contribution in [2.24, 2.45) is 0 Å². The van der Waals surface area contributed by atoms with Crippen molar-refractivity contribution in [2.75, 3.05) is 17.7 Å². The maximum atomic E-state index is 12.7. The molecule has 0 aliphatic rings. The molecule has 166 valence electrons. The summed E-state index contributed by atoms with van der Waals surface area (Å²) >= 11 is 0. The number of carboxylic acid groups (broad SMARTS) is 1. The molecule has 8 heteroatoms. The van der Waals surface area contributed by atoms with Crippen LogP contribution in [-0.4, -0.2) is 34.1 Å². The highest BCUT2D eigenvalue weighted by molar-refractivity contribution is 6.05. The van der Waals surface area contributed by atoms with E-state index in [9.17, 15) is 14.7 Å². The number of amides is 1. The summed E-state index contributed by atoms with van der Waals surface area (Å²) < 4.78 is 5.25. The molecule has 3 aromatic carbocycles. The molecule has 0 radical (unpaired) electrons. The van der Waals surface area contributed by atoms with Gasteiger partial charge in [0, 0.05) is 23.2 Å². The van der Waals surface area contributed by atoms with E-state index in [1.807, 2.05) is 31.2 Å². The van der Waals surface area contributed by atoms with Crippen LogP contribution < -0.4 is 15.4 Å². The molecule has 0 spiro atoms. The molecule has 0 atom stereocenters. The molecule has 0 saturated heterocycles. The number of para-hydroxylation sites is 1. The second-order valence-corrected chi connectivity index (χ2v) is 7.42. The minimum absolute atomic E-state index is 0.122. The van der Waals surface area contributed by atoms with Crippen molar-refractivity contribution >= 4 is 34.3 Å². The number of ether oxygens (including phenoxy) is 1. The van der Waals surface area contributed by atoms with Crippen LogP contribution in [0.4, 0.5) is 11.5 Å². The molecule has 0 unspecified atom stereocenters. The summed E-state index contributed by atoms with van der Waals surface area (Å²) in [4.78, 5) is 32.5. The lowest BCUT2D eigenvalue weighted by Gasteiger charge is -2.11. The summed E-state index contributed by atoms with van der Waals surface area (Å²) in [5.74, 6) is 0.00759. The van der Waals surface area contributed by atoms with Crippen molar-refractivity contribution in [3.8, 4) is 5.75 Å². The largest absolute Gasteiger partial charge is 0.496 e. The van der Waals surface area contributed by atoms with Crippen LogP contribution in [0.25, 0.3) is 10.9 Å². The van der Waals surface area contributed by atoms with Crippen LogP contribution in [0.15, 0.2) is 67.0 Å². The van der Waals surface area contributed by atoms with E-state index < -0.39 is 5.97 Å². The molecule has 4 aromatic rings. The zero-order chi connectivity index (χ0) is 23.4. The molecule has 33 heavy (non-hydrogen) atoms. The van der Waals surface area contributed by atoms with E-state index in [1.54, 1.807) is 37.4 Å². The van der Waals surface area contributed by atoms with Gasteiger partial charge in [-0.05, 0) is 60.5 Å². The molecule has 0 fully saturated rings. The first-order chi connectivity index (χ1) is 16.0. The second kappa shape index (κ2) is 9.35. The van der Waals surface area contributed by atoms with Gasteiger partial charge in [0.2, 0.25) is 0 Å². The van der Waals surface area contributed by atoms with Gasteiger partial charge in [-0.2, -0.15) is 0 Å². The van der Waals surface area contributed by atoms with Crippen molar-refractivity contribution in [1.82, 2.24) is 9.97 Å². The number of hydrogen-bond acceptors (Lipinski definition) is 6. The van der Waals surface area contributed by atoms with Crippen LogP contribution in [0.3, 0.4) is 0 Å². The third-order valence-electron chi connectivity index (χ3n) is 5.20. The third kappa shape index (κ3) is 4.74. The van der Waals surface area contributed by atoms with E-state index >= 15 is 0 Å². The number of aromatic carboxylic acids is 1. The second-order valence-electron chi connectivity index (χ2n) is 7.42. The lowest BCUT2D eigenvalue weighted by atomic mass is 10.1. The Morgan fingerprint density at radius 3 is 2.61 bits per heavy atom. The van der Waals surface area contributed by atoms with Crippen molar-refractivity contribution in [3.05, 3.63) is 89.2 Å². The predicted octanol–water partition coefficient (Wildman–Crippen LogP) is 4.51. The normalized spacial score (nSPS) is 10.6. The highest BCUT2D eigenvalue weighted by atomic mass is 16.5. The molecule has 0 aliphatic heterocycles. The molecule has 1 heterocycles. The Morgan fingerprint density at radius 1 is 1.03 bits per heavy atom. The topological polar surface area (TPSA) is 113 Å². The van der Waals surface area contributed by atoms with E-state index in [2.05, 4.69) is 20.6 Å². The fourth-order valence-corrected chi connectivity index (χ4v) is 3.57. The fraction of sp³-hybridized carbons (Fsp3) is 0.120. The maximum absolute atomic E-state index is 12.7. The number of anilines is 2. The number of hydrogen-bond donors (Lipinski definition) is 3. The van der Waals surface area contributed by atoms with Crippen LogP contribution in [0.2, 0.25) is 0 Å². The number of carbonyl (C=O) groups is 2. The number of carboxylic acids is 1. The van der Waals surface area contributed by atoms with Gasteiger partial charge in [0.25, 0.3) is 5.91 Å². The number of carbonyl (C=O) groups excluding carboxylic acids is 1. The molecule has 1 amide bonds. The summed E-state index contributed by atoms with van der Waals surface area (Å²) in [5.41, 5.74) is 3.49. The first-order valence-electron chi connectivity index (χ1n) is 10.2. The number of aryl methyl sites for hydroxylation is 1. The number of methoxy groups -OCH3 is 1. The predicted molar refractivity (Wildman–Crippen MR) is 126 cm³/mol. The van der Waals surface area contributed by atoms with Crippen LogP contribution >= 0.6 is 0 Å². The Kier molecular flexibility index (Phi) is 6.17. The Morgan fingerprint density at radius 2 is 1.85 bits per heavy atom. The highest BCUT2D eigenvalue weighted by Gasteiger charge is 2.13. The van der Waals surface area contributed by atoms with Gasteiger partial charge in [-0.15, -0.1) is 0 Å². The van der Waals surface area contributed by atoms with E-state index in [1.165, 1.54) is 12.4 Å². The number of fused-ring (bicyclic) bond motifs is 1. The van der Waals surface area contributed by atoms with Crippen molar-refractivity contribution < 1.29 is 19.4 Å². The summed E-state index contributed by atoms with van der Waals surface area (Å²) in [7, 11) is 1.59. The lowest BCUT2D eigenvalue weighted by molar-refractivity contribution is 0.0698. The average molecular weight is 442 g/mol. The smallest absolute Gasteiger partial charge is 0.337 e. The zero-order valence-corrected chi connectivity index (χ0v) is 18.1. The van der Waals surface area contributed by atoms with Gasteiger partial charge in [0.1, 0.15) is 17.9 Å². The number of nitrogens with zero attached hydrogens (tertiary/aromatic N) is 2. The number of rotatable bonds is 7. The van der Waals surface area contributed by atoms with Crippen LogP contribution in [0.5, 0.6) is 5.75 Å². The van der Waals surface area contributed by atoms with E-state index in [4.69, 9.17) is 4.74 Å². The van der Waals surface area contributed by atoms with E-state index in [0.717, 1.165) is 16.9 Å². The van der Waals surface area contributed by atoms with Crippen LogP contribution in [0, 0.1) is 6.92 Å². The van der Waals surface area contributed by atoms with Crippen LogP contribution in [-0.2, 0) is 6.54 Å². The molecule has 4 rings (SSSR count). The monoisotopic (exact) mass is 442 g/mol. The number of benzene rings is 3. The Labute approximate surface area is 190 Å². The lowest BCUT2D eigenvalue weighted by Crippen LogP contribution is -2.12. The Hall–Kier alpha value is -4.46. The molecular weight excluding hydrogens is 420 g/mol. The summed E-state index contributed by atoms with van der Waals surface area (Å²) in [6.45, 7) is 2.31. The number of nitrogens with one attached hydrogen (secondary N) is 2. The van der Waals surface area contributed by atoms with Crippen molar-refractivity contribution in [1.29, 1.82) is 0 Å². The first-order valence-corrected chi connectivity index (χ1v) is 10.2. The average Bonchev–Trinajstić information content (AvgIpc) is 2.82. The molecule has 0 bridgehead atoms. The van der Waals surface area contributed by atoms with Crippen molar-refractivity contribution in [2.45, 2.75) is 13.5 Å². The van der Waals surface area contributed by atoms with Crippen molar-refractivity contribution in [3.63, 3.8) is 0 Å². The van der Waals surface area contributed by atoms with Gasteiger partial charge in [0.05, 0.1) is 18.2 Å². The first kappa shape index (κ1) is 21.8. The van der Waals surface area contributed by atoms with E-state index in [-0.39, 0.29) is 11.5 Å². The number of aromatic nitrogens is 2.